The van der Waals surface area contributed by atoms with E-state index >= 15 is 0 Å². The number of hydrogen-bond donors (Lipinski definition) is 0. The van der Waals surface area contributed by atoms with Gasteiger partial charge >= 0.3 is 0 Å². The average molecular weight is 444 g/mol. The van der Waals surface area contributed by atoms with E-state index in [-0.39, 0.29) is 10.9 Å². The van der Waals surface area contributed by atoms with Gasteiger partial charge in [0, 0.05) is 0 Å². The van der Waals surface area contributed by atoms with Crippen molar-refractivity contribution in [3.05, 3.63) is 115 Å². The molecule has 0 amide bonds. The highest BCUT2D eigenvalue weighted by Crippen LogP contribution is 2.36. The van der Waals surface area contributed by atoms with Crippen LogP contribution in [0.2, 0.25) is 0 Å². The van der Waals surface area contributed by atoms with Crippen LogP contribution in [0.25, 0.3) is 0 Å². The molecular weight excluding hydrogens is 416 g/mol. The number of hydrogen-bond acceptors (Lipinski definition) is 3. The molecule has 0 saturated heterocycles. The monoisotopic (exact) mass is 443 g/mol. The molecule has 4 heteroatoms. The van der Waals surface area contributed by atoms with E-state index in [1.807, 2.05) is 42.5 Å². The third-order valence-electron chi connectivity index (χ3n) is 4.75. The van der Waals surface area contributed by atoms with Gasteiger partial charge in [-0.3, -0.25) is 0 Å². The second kappa shape index (κ2) is 12.0. The van der Waals surface area contributed by atoms with Crippen LogP contribution in [0.5, 0.6) is 11.5 Å². The van der Waals surface area contributed by atoms with Crippen LogP contribution in [0.1, 0.15) is 0 Å². The molecule has 0 atom stereocenters. The van der Waals surface area contributed by atoms with Crippen molar-refractivity contribution in [1.29, 1.82) is 0 Å². The molecule has 0 N–H and O–H groups in total. The van der Waals surface area contributed by atoms with E-state index in [2.05, 4.69) is 72.8 Å². The molecule has 0 saturated carbocycles. The lowest BCUT2D eigenvalue weighted by atomic mass is 10.3. The van der Waals surface area contributed by atoms with Crippen molar-refractivity contribution in [3.63, 3.8) is 0 Å². The predicted octanol–water partition coefficient (Wildman–Crippen LogP) is 6.26. The van der Waals surface area contributed by atoms with Gasteiger partial charge in [0.1, 0.15) is 29.9 Å². The third-order valence-corrected chi connectivity index (χ3v) is 7.02. The third kappa shape index (κ3) is 6.16. The Labute approximate surface area is 192 Å². The Balaban J connectivity index is 1.37. The summed E-state index contributed by atoms with van der Waals surface area (Å²) in [6.07, 6.45) is 0. The number of rotatable bonds is 11. The zero-order chi connectivity index (χ0) is 21.8. The molecule has 0 aromatic heterocycles. The molecule has 0 aliphatic rings. The first-order valence-electron chi connectivity index (χ1n) is 10.7. The van der Waals surface area contributed by atoms with Gasteiger partial charge < -0.3 is 14.2 Å². The molecule has 0 spiro atoms. The maximum absolute atomic E-state index is 6.17. The summed E-state index contributed by atoms with van der Waals surface area (Å²) in [6.45, 7) is 2.05. The van der Waals surface area contributed by atoms with Gasteiger partial charge in [0.05, 0.1) is 13.2 Å². The molecule has 4 aromatic carbocycles. The van der Waals surface area contributed by atoms with Gasteiger partial charge in [0.15, 0.2) is 15.5 Å². The fraction of sp³-hybridized carbons (Fsp3) is 0.143. The number of ether oxygens (including phenoxy) is 3. The van der Waals surface area contributed by atoms with E-state index in [0.717, 1.165) is 11.5 Å². The first-order valence-corrected chi connectivity index (χ1v) is 12.0. The van der Waals surface area contributed by atoms with Crippen LogP contribution in [0.15, 0.2) is 130 Å². The lowest BCUT2D eigenvalue weighted by Gasteiger charge is -2.13. The Morgan fingerprint density at radius 1 is 0.469 bits per heavy atom. The van der Waals surface area contributed by atoms with Crippen LogP contribution in [-0.2, 0) is 15.6 Å². The Morgan fingerprint density at radius 2 is 0.969 bits per heavy atom. The molecular formula is C28H27O3S+. The molecule has 4 aromatic rings. The molecule has 0 fully saturated rings. The van der Waals surface area contributed by atoms with Gasteiger partial charge in [0.25, 0.3) is 0 Å². The van der Waals surface area contributed by atoms with Crippen LogP contribution < -0.4 is 9.47 Å². The SMILES string of the molecule is c1ccc(OCCOCCOc2ccccc2[S+](c2ccccc2)c2ccccc2)cc1. The minimum atomic E-state index is -0.243. The van der Waals surface area contributed by atoms with Crippen molar-refractivity contribution >= 4 is 10.9 Å². The Kier molecular flexibility index (Phi) is 8.24. The predicted molar refractivity (Wildman–Crippen MR) is 130 cm³/mol. The van der Waals surface area contributed by atoms with Crippen LogP contribution in [0.4, 0.5) is 0 Å². The summed E-state index contributed by atoms with van der Waals surface area (Å²) in [5, 5.41) is 0. The zero-order valence-electron chi connectivity index (χ0n) is 17.9. The highest BCUT2D eigenvalue weighted by atomic mass is 32.2. The fourth-order valence-electron chi connectivity index (χ4n) is 3.29. The highest BCUT2D eigenvalue weighted by molar-refractivity contribution is 7.97. The topological polar surface area (TPSA) is 27.7 Å². The summed E-state index contributed by atoms with van der Waals surface area (Å²) in [7, 11) is -0.243. The number of benzene rings is 4. The standard InChI is InChI=1S/C28H27O3S/c1-4-12-24(13-5-1)30-22-20-29-21-23-31-27-18-10-11-19-28(27)32(25-14-6-2-7-15-25)26-16-8-3-9-17-26/h1-19H,20-23H2/q+1. The van der Waals surface area contributed by atoms with Gasteiger partial charge in [-0.25, -0.2) is 0 Å². The second-order valence-corrected chi connectivity index (χ2v) is 9.00. The normalized spacial score (nSPS) is 10.8. The fourth-order valence-corrected chi connectivity index (χ4v) is 5.47. The molecule has 0 aliphatic carbocycles. The maximum Gasteiger partial charge on any atom is 0.208 e. The van der Waals surface area contributed by atoms with Gasteiger partial charge in [0.2, 0.25) is 4.90 Å². The summed E-state index contributed by atoms with van der Waals surface area (Å²) in [4.78, 5) is 3.71. The first-order chi connectivity index (χ1) is 15.9. The van der Waals surface area contributed by atoms with Crippen LogP contribution in [-0.4, -0.2) is 26.4 Å². The van der Waals surface area contributed by atoms with Crippen molar-refractivity contribution < 1.29 is 14.2 Å². The molecule has 0 bridgehead atoms. The second-order valence-electron chi connectivity index (χ2n) is 7.00. The summed E-state index contributed by atoms with van der Waals surface area (Å²) in [5.74, 6) is 1.75. The largest absolute Gasteiger partial charge is 0.491 e. The summed E-state index contributed by atoms with van der Waals surface area (Å²) < 4.78 is 17.5. The minimum absolute atomic E-state index is 0.243. The van der Waals surface area contributed by atoms with E-state index in [1.54, 1.807) is 0 Å². The summed E-state index contributed by atoms with van der Waals surface area (Å²) in [5.41, 5.74) is 0. The average Bonchev–Trinajstić information content (AvgIpc) is 2.86. The quantitative estimate of drug-likeness (QED) is 0.202. The summed E-state index contributed by atoms with van der Waals surface area (Å²) in [6, 6.07) is 39.3. The van der Waals surface area contributed by atoms with Crippen molar-refractivity contribution in [2.24, 2.45) is 0 Å². The molecule has 4 rings (SSSR count). The van der Waals surface area contributed by atoms with E-state index < -0.39 is 0 Å². The van der Waals surface area contributed by atoms with E-state index in [9.17, 15) is 0 Å². The molecule has 0 heterocycles. The van der Waals surface area contributed by atoms with Crippen LogP contribution in [0, 0.1) is 0 Å². The molecule has 0 unspecified atom stereocenters. The van der Waals surface area contributed by atoms with Gasteiger partial charge in [-0.2, -0.15) is 0 Å². The lowest BCUT2D eigenvalue weighted by Crippen LogP contribution is -2.13. The maximum atomic E-state index is 6.17. The molecule has 3 nitrogen and oxygen atoms in total. The van der Waals surface area contributed by atoms with E-state index in [1.165, 1.54) is 14.7 Å². The molecule has 0 aliphatic heterocycles. The zero-order valence-corrected chi connectivity index (χ0v) is 18.7. The van der Waals surface area contributed by atoms with Gasteiger partial charge in [-0.15, -0.1) is 0 Å². The van der Waals surface area contributed by atoms with Crippen molar-refractivity contribution in [2.45, 2.75) is 14.7 Å². The van der Waals surface area contributed by atoms with Gasteiger partial charge in [-0.1, -0.05) is 66.7 Å². The highest BCUT2D eigenvalue weighted by Gasteiger charge is 2.31. The Bertz CT molecular complexity index is 1020. The van der Waals surface area contributed by atoms with Crippen molar-refractivity contribution in [1.82, 2.24) is 0 Å². The van der Waals surface area contributed by atoms with Crippen LogP contribution in [0.3, 0.4) is 0 Å². The number of para-hydroxylation sites is 2. The molecule has 32 heavy (non-hydrogen) atoms. The smallest absolute Gasteiger partial charge is 0.208 e. The van der Waals surface area contributed by atoms with E-state index in [0.29, 0.717) is 26.4 Å². The summed E-state index contributed by atoms with van der Waals surface area (Å²) >= 11 is 0. The molecule has 0 radical (unpaired) electrons. The first kappa shape index (κ1) is 22.0. The van der Waals surface area contributed by atoms with Crippen molar-refractivity contribution in [2.75, 3.05) is 26.4 Å². The Hall–Kier alpha value is -3.21. The lowest BCUT2D eigenvalue weighted by molar-refractivity contribution is 0.0757. The van der Waals surface area contributed by atoms with E-state index in [4.69, 9.17) is 14.2 Å². The molecule has 162 valence electrons. The van der Waals surface area contributed by atoms with Crippen LogP contribution >= 0.6 is 0 Å². The minimum Gasteiger partial charge on any atom is -0.491 e. The van der Waals surface area contributed by atoms with Crippen molar-refractivity contribution in [3.8, 4) is 11.5 Å². The van der Waals surface area contributed by atoms with Gasteiger partial charge in [-0.05, 0) is 48.5 Å². The Morgan fingerprint density at radius 3 is 1.59 bits per heavy atom.